The van der Waals surface area contributed by atoms with Crippen molar-refractivity contribution in [3.8, 4) is 51.4 Å². The highest BCUT2D eigenvalue weighted by Gasteiger charge is 2.35. The van der Waals surface area contributed by atoms with E-state index in [-0.39, 0.29) is 41.2 Å². The van der Waals surface area contributed by atoms with Crippen LogP contribution in [0.4, 0.5) is 0 Å². The molecule has 0 radical (unpaired) electrons. The van der Waals surface area contributed by atoms with E-state index in [0.717, 1.165) is 0 Å². The molecule has 3 aromatic carbocycles. The van der Waals surface area contributed by atoms with Gasteiger partial charge in [-0.3, -0.25) is 9.59 Å². The summed E-state index contributed by atoms with van der Waals surface area (Å²) in [6, 6.07) is 9.78. The maximum atomic E-state index is 13.7. The summed E-state index contributed by atoms with van der Waals surface area (Å²) in [6.45, 7) is 0.0447. The molecule has 0 unspecified atom stereocenters. The van der Waals surface area contributed by atoms with Crippen LogP contribution in [0.15, 0.2) is 51.9 Å². The number of phenolic OH excluding ortho intramolecular Hbond substituents is 1. The van der Waals surface area contributed by atoms with Gasteiger partial charge in [-0.1, -0.05) is 6.07 Å². The molecule has 0 aliphatic carbocycles. The number of aromatic hydroxyl groups is 1. The van der Waals surface area contributed by atoms with Crippen molar-refractivity contribution in [2.24, 2.45) is 0 Å². The normalized spacial score (nSPS) is 15.7. The second-order valence-corrected chi connectivity index (χ2v) is 8.75. The van der Waals surface area contributed by atoms with E-state index in [2.05, 4.69) is 0 Å². The highest BCUT2D eigenvalue weighted by molar-refractivity contribution is 5.94. The van der Waals surface area contributed by atoms with E-state index in [0.29, 0.717) is 45.4 Å². The van der Waals surface area contributed by atoms with Gasteiger partial charge in [0.2, 0.25) is 18.0 Å². The first-order chi connectivity index (χ1) is 18.4. The molecule has 10 nitrogen and oxygen atoms in total. The number of phenols is 1. The van der Waals surface area contributed by atoms with Crippen LogP contribution in [-0.2, 0) is 4.79 Å². The summed E-state index contributed by atoms with van der Waals surface area (Å²) < 4.78 is 38.6. The smallest absolute Gasteiger partial charge is 0.312 e. The van der Waals surface area contributed by atoms with Gasteiger partial charge < -0.3 is 37.9 Å². The topological polar surface area (TPSA) is 123 Å². The van der Waals surface area contributed by atoms with Crippen LogP contribution in [0, 0.1) is 0 Å². The zero-order valence-electron chi connectivity index (χ0n) is 20.7. The Morgan fingerprint density at radius 1 is 0.895 bits per heavy atom. The van der Waals surface area contributed by atoms with Crippen molar-refractivity contribution in [1.82, 2.24) is 0 Å². The van der Waals surface area contributed by atoms with Gasteiger partial charge in [0.05, 0.1) is 33.3 Å². The van der Waals surface area contributed by atoms with Gasteiger partial charge in [0, 0.05) is 17.5 Å². The number of hydrogen-bond acceptors (Lipinski definition) is 10. The predicted octanol–water partition coefficient (Wildman–Crippen LogP) is 4.36. The highest BCUT2D eigenvalue weighted by Crippen LogP contribution is 2.49. The lowest BCUT2D eigenvalue weighted by molar-refractivity contribution is -0.135. The van der Waals surface area contributed by atoms with E-state index in [9.17, 15) is 14.7 Å². The van der Waals surface area contributed by atoms with Crippen molar-refractivity contribution in [1.29, 1.82) is 0 Å². The lowest BCUT2D eigenvalue weighted by atomic mass is 9.84. The third kappa shape index (κ3) is 3.56. The summed E-state index contributed by atoms with van der Waals surface area (Å²) in [4.78, 5) is 26.3. The maximum absolute atomic E-state index is 13.7. The molecular formula is C28H22O10. The van der Waals surface area contributed by atoms with Crippen molar-refractivity contribution in [3.63, 3.8) is 0 Å². The van der Waals surface area contributed by atoms with Gasteiger partial charge >= 0.3 is 5.97 Å². The molecule has 6 rings (SSSR count). The van der Waals surface area contributed by atoms with E-state index < -0.39 is 17.3 Å². The Bertz CT molecular complexity index is 1670. The quantitative estimate of drug-likeness (QED) is 0.301. The molecule has 194 valence electrons. The fraction of sp³-hybridized carbons (Fsp3) is 0.214. The van der Waals surface area contributed by atoms with Crippen molar-refractivity contribution in [3.05, 3.63) is 64.0 Å². The average Bonchev–Trinajstić information content (AvgIpc) is 3.40. The van der Waals surface area contributed by atoms with E-state index in [1.165, 1.54) is 33.7 Å². The van der Waals surface area contributed by atoms with Crippen LogP contribution in [-0.4, -0.2) is 39.2 Å². The number of hydrogen-bond donors (Lipinski definition) is 1. The summed E-state index contributed by atoms with van der Waals surface area (Å²) in [5.41, 5.74) is 1.50. The number of benzene rings is 3. The minimum atomic E-state index is -0.576. The van der Waals surface area contributed by atoms with Gasteiger partial charge in [0.25, 0.3) is 0 Å². The Hall–Kier alpha value is -4.86. The Balaban J connectivity index is 1.56. The molecule has 4 aromatic rings. The summed E-state index contributed by atoms with van der Waals surface area (Å²) >= 11 is 0. The largest absolute Gasteiger partial charge is 0.507 e. The maximum Gasteiger partial charge on any atom is 0.312 e. The monoisotopic (exact) mass is 518 g/mol. The molecule has 2 aliphatic rings. The van der Waals surface area contributed by atoms with Gasteiger partial charge in [-0.15, -0.1) is 0 Å². The van der Waals surface area contributed by atoms with Crippen LogP contribution in [0.25, 0.3) is 22.1 Å². The fourth-order valence-corrected chi connectivity index (χ4v) is 4.97. The first-order valence-corrected chi connectivity index (χ1v) is 11.7. The van der Waals surface area contributed by atoms with E-state index in [1.54, 1.807) is 30.3 Å². The Morgan fingerprint density at radius 3 is 2.45 bits per heavy atom. The number of esters is 1. The Kier molecular flexibility index (Phi) is 5.52. The number of rotatable bonds is 5. The predicted molar refractivity (Wildman–Crippen MR) is 134 cm³/mol. The molecule has 0 fully saturated rings. The number of ether oxygens (including phenoxy) is 6. The average molecular weight is 518 g/mol. The molecule has 38 heavy (non-hydrogen) atoms. The summed E-state index contributed by atoms with van der Waals surface area (Å²) in [6.07, 6.45) is 1.29. The lowest BCUT2D eigenvalue weighted by Crippen LogP contribution is -2.22. The van der Waals surface area contributed by atoms with Crippen molar-refractivity contribution in [2.75, 3.05) is 28.1 Å². The van der Waals surface area contributed by atoms with Gasteiger partial charge in [-0.25, -0.2) is 0 Å². The van der Waals surface area contributed by atoms with Crippen LogP contribution in [0.3, 0.4) is 0 Å². The molecular weight excluding hydrogens is 496 g/mol. The van der Waals surface area contributed by atoms with Crippen molar-refractivity contribution < 1.29 is 42.7 Å². The second kappa shape index (κ2) is 8.91. The van der Waals surface area contributed by atoms with Gasteiger partial charge in [0.15, 0.2) is 23.0 Å². The number of carbonyl (C=O) groups excluding carboxylic acids is 1. The minimum Gasteiger partial charge on any atom is -0.507 e. The minimum absolute atomic E-state index is 0.0309. The first-order valence-electron chi connectivity index (χ1n) is 11.7. The van der Waals surface area contributed by atoms with Crippen LogP contribution < -0.4 is 33.8 Å². The highest BCUT2D eigenvalue weighted by atomic mass is 16.7. The third-order valence-electron chi connectivity index (χ3n) is 6.75. The van der Waals surface area contributed by atoms with E-state index in [4.69, 9.17) is 32.8 Å². The second-order valence-electron chi connectivity index (χ2n) is 8.75. The van der Waals surface area contributed by atoms with Crippen LogP contribution >= 0.6 is 0 Å². The molecule has 1 N–H and O–H groups in total. The SMILES string of the molecule is COc1ccc(-c2coc3c4c(cc(O)c3c2=O)OC(=O)C[C@@H]4c2cc(OC)c3c(c2)OCO3)cc1OC. The molecule has 0 bridgehead atoms. The fourth-order valence-electron chi connectivity index (χ4n) is 4.97. The van der Waals surface area contributed by atoms with Crippen LogP contribution in [0.1, 0.15) is 23.5 Å². The molecule has 10 heteroatoms. The van der Waals surface area contributed by atoms with Gasteiger partial charge in [-0.2, -0.15) is 0 Å². The molecule has 0 saturated heterocycles. The van der Waals surface area contributed by atoms with Crippen molar-refractivity contribution in [2.45, 2.75) is 12.3 Å². The molecule has 3 heterocycles. The molecule has 1 aromatic heterocycles. The third-order valence-corrected chi connectivity index (χ3v) is 6.75. The van der Waals surface area contributed by atoms with Crippen LogP contribution in [0.5, 0.6) is 40.2 Å². The molecule has 0 spiro atoms. The van der Waals surface area contributed by atoms with Crippen molar-refractivity contribution >= 4 is 16.9 Å². The first kappa shape index (κ1) is 23.5. The Morgan fingerprint density at radius 2 is 1.68 bits per heavy atom. The number of carbonyl (C=O) groups is 1. The zero-order valence-corrected chi connectivity index (χ0v) is 20.7. The summed E-state index contributed by atoms with van der Waals surface area (Å²) in [5.74, 6) is 0.980. The number of fused-ring (bicyclic) bond motifs is 4. The van der Waals surface area contributed by atoms with Gasteiger partial charge in [0.1, 0.15) is 28.7 Å². The molecule has 0 amide bonds. The molecule has 2 aliphatic heterocycles. The summed E-state index contributed by atoms with van der Waals surface area (Å²) in [7, 11) is 4.52. The number of methoxy groups -OCH3 is 3. The zero-order chi connectivity index (χ0) is 26.6. The molecule has 1 atom stereocenters. The lowest BCUT2D eigenvalue weighted by Gasteiger charge is -2.26. The molecule has 0 saturated carbocycles. The Labute approximate surface area is 215 Å². The van der Waals surface area contributed by atoms with E-state index in [1.807, 2.05) is 0 Å². The standard InChI is InChI=1S/C28H22O10/c1-32-18-5-4-13(6-19(18)33-2)16-11-35-28-24-15(14-7-21(34-3)27-22(8-14)36-12-37-27)9-23(30)38-20(24)10-17(29)25(28)26(16)31/h4-8,10-11,15,29H,9,12H2,1-3H3/t15-/m1/s1. The van der Waals surface area contributed by atoms with Gasteiger partial charge in [-0.05, 0) is 35.4 Å². The summed E-state index contributed by atoms with van der Waals surface area (Å²) in [5, 5.41) is 10.8. The van der Waals surface area contributed by atoms with E-state index >= 15 is 0 Å². The van der Waals surface area contributed by atoms with Crippen LogP contribution in [0.2, 0.25) is 0 Å².